The Labute approximate surface area is 161 Å². The molecule has 0 bridgehead atoms. The molecule has 2 aliphatic rings. The van der Waals surface area contributed by atoms with Crippen LogP contribution in [-0.4, -0.2) is 56.2 Å². The van der Waals surface area contributed by atoms with E-state index in [1.165, 1.54) is 38.4 Å². The van der Waals surface area contributed by atoms with Crippen molar-refractivity contribution >= 4 is 27.6 Å². The molecule has 1 spiro atoms. The molecule has 3 rings (SSSR count). The maximum Gasteiger partial charge on any atom is 0.193 e. The summed E-state index contributed by atoms with van der Waals surface area (Å²) in [4.78, 5) is 7.24. The van der Waals surface area contributed by atoms with E-state index in [9.17, 15) is 8.42 Å². The van der Waals surface area contributed by atoms with Crippen LogP contribution >= 0.6 is 11.8 Å². The average molecular weight is 396 g/mol. The summed E-state index contributed by atoms with van der Waals surface area (Å²) in [6.45, 7) is 2.75. The molecule has 0 unspecified atom stereocenters. The number of hydrogen-bond acceptors (Lipinski definition) is 4. The largest absolute Gasteiger partial charge is 0.352 e. The Hall–Kier alpha value is -1.21. The van der Waals surface area contributed by atoms with E-state index in [1.807, 2.05) is 19.2 Å². The summed E-state index contributed by atoms with van der Waals surface area (Å²) in [5, 5.41) is 3.45. The van der Waals surface area contributed by atoms with E-state index < -0.39 is 9.84 Å². The minimum Gasteiger partial charge on any atom is -0.352 e. The highest BCUT2D eigenvalue weighted by atomic mass is 32.2. The van der Waals surface area contributed by atoms with Gasteiger partial charge in [-0.05, 0) is 30.5 Å². The van der Waals surface area contributed by atoms with Gasteiger partial charge in [0.15, 0.2) is 15.8 Å². The zero-order valence-corrected chi connectivity index (χ0v) is 17.3. The van der Waals surface area contributed by atoms with Crippen molar-refractivity contribution in [3.05, 3.63) is 29.8 Å². The van der Waals surface area contributed by atoms with Crippen LogP contribution in [0.5, 0.6) is 0 Å². The Morgan fingerprint density at radius 2 is 1.92 bits per heavy atom. The molecule has 144 valence electrons. The van der Waals surface area contributed by atoms with Crippen LogP contribution in [0, 0.1) is 0 Å². The van der Waals surface area contributed by atoms with Crippen molar-refractivity contribution in [2.45, 2.75) is 48.3 Å². The highest BCUT2D eigenvalue weighted by Gasteiger charge is 2.38. The number of sulfone groups is 1. The number of thioether (sulfide) groups is 1. The van der Waals surface area contributed by atoms with Crippen LogP contribution in [0.3, 0.4) is 0 Å². The molecular weight excluding hydrogens is 366 g/mol. The van der Waals surface area contributed by atoms with E-state index in [0.717, 1.165) is 30.4 Å². The van der Waals surface area contributed by atoms with Crippen molar-refractivity contribution in [2.24, 2.45) is 4.99 Å². The molecule has 26 heavy (non-hydrogen) atoms. The zero-order chi connectivity index (χ0) is 18.6. The van der Waals surface area contributed by atoms with E-state index in [4.69, 9.17) is 0 Å². The minimum absolute atomic E-state index is 0.359. The van der Waals surface area contributed by atoms with Gasteiger partial charge >= 0.3 is 0 Å². The maximum atomic E-state index is 11.6. The van der Waals surface area contributed by atoms with Crippen LogP contribution in [0.2, 0.25) is 0 Å². The number of nitrogens with one attached hydrogen (secondary N) is 1. The molecule has 1 aliphatic carbocycles. The van der Waals surface area contributed by atoms with Crippen LogP contribution in [0.25, 0.3) is 0 Å². The fraction of sp³-hybridized carbons (Fsp3) is 0.632. The van der Waals surface area contributed by atoms with Gasteiger partial charge in [-0.2, -0.15) is 11.8 Å². The van der Waals surface area contributed by atoms with Gasteiger partial charge in [-0.15, -0.1) is 0 Å². The second kappa shape index (κ2) is 8.21. The van der Waals surface area contributed by atoms with E-state index in [1.54, 1.807) is 12.1 Å². The summed E-state index contributed by atoms with van der Waals surface area (Å²) in [5.74, 6) is 2.10. The van der Waals surface area contributed by atoms with Crippen LogP contribution in [0.4, 0.5) is 0 Å². The lowest BCUT2D eigenvalue weighted by atomic mass is 9.87. The summed E-state index contributed by atoms with van der Waals surface area (Å²) in [5.41, 5.74) is 1.05. The predicted octanol–water partition coefficient (Wildman–Crippen LogP) is 2.92. The number of aliphatic imine (C=N–C) groups is 1. The van der Waals surface area contributed by atoms with Gasteiger partial charge in [-0.1, -0.05) is 31.4 Å². The standard InChI is InChI=1S/C19H29N3O2S2/c1-20-18(21-14-16-6-8-17(9-7-16)26(2,23)24)22-12-13-25-19(15-22)10-4-3-5-11-19/h6-9H,3-5,10-15H2,1-2H3,(H,20,21). The Bertz CT molecular complexity index is 733. The van der Waals surface area contributed by atoms with Crippen molar-refractivity contribution in [1.29, 1.82) is 0 Å². The summed E-state index contributed by atoms with van der Waals surface area (Å²) in [6, 6.07) is 7.07. The van der Waals surface area contributed by atoms with E-state index in [-0.39, 0.29) is 0 Å². The number of rotatable bonds is 3. The van der Waals surface area contributed by atoms with E-state index >= 15 is 0 Å². The third-order valence-electron chi connectivity index (χ3n) is 5.33. The van der Waals surface area contributed by atoms with E-state index in [0.29, 0.717) is 16.2 Å². The molecule has 5 nitrogen and oxygen atoms in total. The molecule has 0 amide bonds. The number of benzene rings is 1. The van der Waals surface area contributed by atoms with Crippen LogP contribution in [-0.2, 0) is 16.4 Å². The second-order valence-corrected chi connectivity index (χ2v) is 10.9. The lowest BCUT2D eigenvalue weighted by molar-refractivity contribution is 0.293. The van der Waals surface area contributed by atoms with Crippen molar-refractivity contribution in [3.63, 3.8) is 0 Å². The summed E-state index contributed by atoms with van der Waals surface area (Å²) < 4.78 is 23.5. The first kappa shape index (κ1) is 19.5. The first-order valence-electron chi connectivity index (χ1n) is 9.30. The third kappa shape index (κ3) is 4.74. The zero-order valence-electron chi connectivity index (χ0n) is 15.7. The van der Waals surface area contributed by atoms with Gasteiger partial charge in [0, 0.05) is 43.4 Å². The van der Waals surface area contributed by atoms with Gasteiger partial charge in [0.1, 0.15) is 0 Å². The Morgan fingerprint density at radius 1 is 1.23 bits per heavy atom. The fourth-order valence-corrected chi connectivity index (χ4v) is 6.09. The highest BCUT2D eigenvalue weighted by molar-refractivity contribution is 8.00. The van der Waals surface area contributed by atoms with Crippen molar-refractivity contribution in [2.75, 3.05) is 32.1 Å². The second-order valence-electron chi connectivity index (χ2n) is 7.33. The van der Waals surface area contributed by atoms with Gasteiger partial charge in [0.25, 0.3) is 0 Å². The molecule has 1 aliphatic heterocycles. The Balaban J connectivity index is 1.61. The molecule has 1 heterocycles. The molecule has 1 aromatic rings. The van der Waals surface area contributed by atoms with Crippen molar-refractivity contribution < 1.29 is 8.42 Å². The minimum atomic E-state index is -3.14. The monoisotopic (exact) mass is 395 g/mol. The number of hydrogen-bond donors (Lipinski definition) is 1. The molecule has 1 saturated carbocycles. The molecule has 7 heteroatoms. The first-order valence-corrected chi connectivity index (χ1v) is 12.2. The van der Waals surface area contributed by atoms with E-state index in [2.05, 4.69) is 27.0 Å². The van der Waals surface area contributed by atoms with Crippen molar-refractivity contribution in [3.8, 4) is 0 Å². The Morgan fingerprint density at radius 3 is 2.54 bits per heavy atom. The van der Waals surface area contributed by atoms with Crippen LogP contribution in [0.15, 0.2) is 34.2 Å². The summed E-state index contributed by atoms with van der Waals surface area (Å²) in [7, 11) is -1.31. The van der Waals surface area contributed by atoms with Crippen molar-refractivity contribution in [1.82, 2.24) is 10.2 Å². The SMILES string of the molecule is CN=C(NCc1ccc(S(C)(=O)=O)cc1)N1CCSC2(CCCCC2)C1. The lowest BCUT2D eigenvalue weighted by Crippen LogP contribution is -2.53. The van der Waals surface area contributed by atoms with Gasteiger partial charge in [0.2, 0.25) is 0 Å². The quantitative estimate of drug-likeness (QED) is 0.630. The van der Waals surface area contributed by atoms with Crippen LogP contribution in [0.1, 0.15) is 37.7 Å². The smallest absolute Gasteiger partial charge is 0.193 e. The lowest BCUT2D eigenvalue weighted by Gasteiger charge is -2.45. The normalized spacial score (nSPS) is 21.0. The molecule has 0 atom stereocenters. The molecule has 2 fully saturated rings. The molecule has 0 radical (unpaired) electrons. The molecule has 1 aromatic carbocycles. The third-order valence-corrected chi connectivity index (χ3v) is 7.99. The number of guanidine groups is 1. The molecule has 1 saturated heterocycles. The van der Waals surface area contributed by atoms with Gasteiger partial charge in [-0.3, -0.25) is 4.99 Å². The van der Waals surface area contributed by atoms with Gasteiger partial charge in [0.05, 0.1) is 4.90 Å². The summed E-state index contributed by atoms with van der Waals surface area (Å²) in [6.07, 6.45) is 7.94. The highest BCUT2D eigenvalue weighted by Crippen LogP contribution is 2.42. The first-order chi connectivity index (χ1) is 12.4. The summed E-state index contributed by atoms with van der Waals surface area (Å²) >= 11 is 2.16. The van der Waals surface area contributed by atoms with Gasteiger partial charge < -0.3 is 10.2 Å². The molecule has 0 aromatic heterocycles. The fourth-order valence-electron chi connectivity index (χ4n) is 3.89. The molecule has 1 N–H and O–H groups in total. The predicted molar refractivity (Wildman–Crippen MR) is 110 cm³/mol. The van der Waals surface area contributed by atoms with Gasteiger partial charge in [-0.25, -0.2) is 8.42 Å². The average Bonchev–Trinajstić information content (AvgIpc) is 2.63. The maximum absolute atomic E-state index is 11.6. The Kier molecular flexibility index (Phi) is 6.17. The van der Waals surface area contributed by atoms with Crippen LogP contribution < -0.4 is 5.32 Å². The molecular formula is C19H29N3O2S2. The number of nitrogens with zero attached hydrogens (tertiary/aromatic N) is 2. The topological polar surface area (TPSA) is 61.8 Å².